The molecule has 0 aromatic rings. The first-order valence-electron chi connectivity index (χ1n) is 3.58. The van der Waals surface area contributed by atoms with Gasteiger partial charge in [-0.05, 0) is 19.4 Å². The fourth-order valence-electron chi connectivity index (χ4n) is 0.609. The van der Waals surface area contributed by atoms with Crippen LogP contribution in [0.15, 0.2) is 12.2 Å². The number of nitrogens with two attached hydrogens (primary N) is 1. The molecule has 0 aliphatic heterocycles. The molecule has 0 bridgehead atoms. The van der Waals surface area contributed by atoms with Gasteiger partial charge in [-0.25, -0.2) is 0 Å². The molecule has 0 radical (unpaired) electrons. The molecule has 0 aliphatic carbocycles. The summed E-state index contributed by atoms with van der Waals surface area (Å²) in [6.07, 6.45) is 4.93. The Morgan fingerprint density at radius 2 is 1.64 bits per heavy atom. The maximum atomic E-state index is 8.57. The van der Waals surface area contributed by atoms with Crippen molar-refractivity contribution in [2.45, 2.75) is 18.9 Å². The zero-order chi connectivity index (χ0) is 8.74. The van der Waals surface area contributed by atoms with Crippen LogP contribution in [-0.4, -0.2) is 29.7 Å². The Balaban J connectivity index is 3.27. The molecule has 0 heterocycles. The maximum Gasteiger partial charge on any atom is 0.493 e. The van der Waals surface area contributed by atoms with Gasteiger partial charge in [-0.3, -0.25) is 0 Å². The number of hydrogen-bond donors (Lipinski definition) is 4. The van der Waals surface area contributed by atoms with Crippen LogP contribution < -0.4 is 5.73 Å². The minimum atomic E-state index is -3.80. The lowest BCUT2D eigenvalue weighted by atomic mass is 10.3. The van der Waals surface area contributed by atoms with Crippen LogP contribution in [-0.2, 0) is 0 Å². The molecule has 5 heteroatoms. The smallest absolute Gasteiger partial charge is 0.390 e. The predicted octanol–water partition coefficient (Wildman–Crippen LogP) is -0.803. The predicted molar refractivity (Wildman–Crippen MR) is 44.6 cm³/mol. The Labute approximate surface area is 67.3 Å². The normalized spacial score (nSPS) is 12.7. The molecule has 5 N–H and O–H groups in total. The summed E-state index contributed by atoms with van der Waals surface area (Å²) in [6, 6.07) is 0.0636. The first-order chi connectivity index (χ1) is 5.06. The summed E-state index contributed by atoms with van der Waals surface area (Å²) in [5.74, 6) is 0. The Hall–Kier alpha value is -0.203. The summed E-state index contributed by atoms with van der Waals surface area (Å²) in [5.41, 5.74) is 5.21. The highest BCUT2D eigenvalue weighted by Gasteiger charge is 2.24. The highest BCUT2D eigenvalue weighted by molar-refractivity contribution is 6.56. The van der Waals surface area contributed by atoms with Crippen LogP contribution in [0.4, 0.5) is 0 Å². The molecule has 11 heavy (non-hydrogen) atoms. The van der Waals surface area contributed by atoms with Crippen molar-refractivity contribution in [3.63, 3.8) is 0 Å². The lowest BCUT2D eigenvalue weighted by molar-refractivity contribution is 0.228. The zero-order valence-electron chi connectivity index (χ0n) is 6.40. The molecule has 0 aromatic heterocycles. The van der Waals surface area contributed by atoms with E-state index in [2.05, 4.69) is 0 Å². The summed E-state index contributed by atoms with van der Waals surface area (Å²) >= 11 is 0. The minimum Gasteiger partial charge on any atom is -0.390 e. The van der Waals surface area contributed by atoms with Crippen molar-refractivity contribution in [2.24, 2.45) is 5.73 Å². The fraction of sp³-hybridized carbons (Fsp3) is 0.667. The van der Waals surface area contributed by atoms with E-state index in [-0.39, 0.29) is 6.04 Å². The number of rotatable bonds is 5. The minimum absolute atomic E-state index is 0.0636. The molecule has 0 aromatic carbocycles. The van der Waals surface area contributed by atoms with Crippen molar-refractivity contribution in [1.82, 2.24) is 0 Å². The summed E-state index contributed by atoms with van der Waals surface area (Å²) in [7, 11) is -3.80. The second-order valence-electron chi connectivity index (χ2n) is 2.36. The molecule has 0 saturated carbocycles. The first-order valence-corrected chi connectivity index (χ1v) is 5.63. The van der Waals surface area contributed by atoms with Crippen LogP contribution in [0.5, 0.6) is 0 Å². The monoisotopic (exact) mass is 177 g/mol. The number of allylic oxidation sites excluding steroid dienone is 1. The lowest BCUT2D eigenvalue weighted by Gasteiger charge is -2.05. The zero-order valence-corrected chi connectivity index (χ0v) is 7.40. The van der Waals surface area contributed by atoms with Crippen LogP contribution in [0, 0.1) is 0 Å². The molecular weight excluding hydrogens is 162 g/mol. The SMILES string of the molecule is NCC/C=C/CC[Si](O)(O)O. The van der Waals surface area contributed by atoms with E-state index in [4.69, 9.17) is 20.1 Å². The van der Waals surface area contributed by atoms with E-state index in [0.717, 1.165) is 6.42 Å². The molecule has 66 valence electrons. The quantitative estimate of drug-likeness (QED) is 0.327. The van der Waals surface area contributed by atoms with Crippen molar-refractivity contribution in [1.29, 1.82) is 0 Å². The van der Waals surface area contributed by atoms with E-state index in [1.807, 2.05) is 6.08 Å². The van der Waals surface area contributed by atoms with Gasteiger partial charge in [0.25, 0.3) is 0 Å². The first kappa shape index (κ1) is 10.8. The van der Waals surface area contributed by atoms with Gasteiger partial charge in [0.05, 0.1) is 0 Å². The van der Waals surface area contributed by atoms with Crippen molar-refractivity contribution < 1.29 is 14.4 Å². The van der Waals surface area contributed by atoms with Gasteiger partial charge in [0, 0.05) is 6.04 Å². The fourth-order valence-corrected chi connectivity index (χ4v) is 1.16. The average molecular weight is 177 g/mol. The van der Waals surface area contributed by atoms with Crippen LogP contribution >= 0.6 is 0 Å². The Bertz CT molecular complexity index is 121. The molecule has 0 atom stereocenters. The molecule has 0 unspecified atom stereocenters. The van der Waals surface area contributed by atoms with Crippen molar-refractivity contribution in [3.05, 3.63) is 12.2 Å². The van der Waals surface area contributed by atoms with E-state index < -0.39 is 8.80 Å². The van der Waals surface area contributed by atoms with Gasteiger partial charge in [0.1, 0.15) is 0 Å². The Morgan fingerprint density at radius 1 is 1.09 bits per heavy atom. The van der Waals surface area contributed by atoms with Gasteiger partial charge >= 0.3 is 8.80 Å². The van der Waals surface area contributed by atoms with Crippen LogP contribution in [0.2, 0.25) is 6.04 Å². The van der Waals surface area contributed by atoms with Gasteiger partial charge in [-0.2, -0.15) is 0 Å². The van der Waals surface area contributed by atoms with E-state index in [9.17, 15) is 0 Å². The van der Waals surface area contributed by atoms with Crippen molar-refractivity contribution in [2.75, 3.05) is 6.54 Å². The van der Waals surface area contributed by atoms with E-state index in [1.54, 1.807) is 6.08 Å². The highest BCUT2D eigenvalue weighted by Crippen LogP contribution is 2.01. The van der Waals surface area contributed by atoms with Crippen LogP contribution in [0.3, 0.4) is 0 Å². The van der Waals surface area contributed by atoms with E-state index in [0.29, 0.717) is 13.0 Å². The Kier molecular flexibility index (Phi) is 5.35. The van der Waals surface area contributed by atoms with Gasteiger partial charge in [-0.1, -0.05) is 12.2 Å². The lowest BCUT2D eigenvalue weighted by Crippen LogP contribution is -2.33. The van der Waals surface area contributed by atoms with Crippen LogP contribution in [0.1, 0.15) is 12.8 Å². The highest BCUT2D eigenvalue weighted by atomic mass is 28.4. The maximum absolute atomic E-state index is 8.57. The third kappa shape index (κ3) is 9.80. The third-order valence-electron chi connectivity index (χ3n) is 1.15. The third-order valence-corrected chi connectivity index (χ3v) is 2.11. The van der Waals surface area contributed by atoms with Gasteiger partial charge in [0.15, 0.2) is 0 Å². The molecule has 0 rings (SSSR count). The molecular formula is C6H15NO3Si. The summed E-state index contributed by atoms with van der Waals surface area (Å²) in [6.45, 7) is 0.594. The standard InChI is InChI=1S/C6H15NO3Si/c7-5-3-1-2-4-6-11(8,9)10/h1-2,8-10H,3-7H2/b2-1+. The van der Waals surface area contributed by atoms with Gasteiger partial charge in [-0.15, -0.1) is 0 Å². The second-order valence-corrected chi connectivity index (χ2v) is 4.41. The molecule has 4 nitrogen and oxygen atoms in total. The molecule has 0 aliphatic rings. The van der Waals surface area contributed by atoms with E-state index >= 15 is 0 Å². The Morgan fingerprint density at radius 3 is 2.09 bits per heavy atom. The topological polar surface area (TPSA) is 86.7 Å². The second kappa shape index (κ2) is 5.45. The van der Waals surface area contributed by atoms with E-state index in [1.165, 1.54) is 0 Å². The molecule has 0 fully saturated rings. The molecule has 0 amide bonds. The largest absolute Gasteiger partial charge is 0.493 e. The van der Waals surface area contributed by atoms with Crippen molar-refractivity contribution in [3.8, 4) is 0 Å². The molecule has 0 spiro atoms. The summed E-state index contributed by atoms with van der Waals surface area (Å²) in [4.78, 5) is 25.7. The van der Waals surface area contributed by atoms with Gasteiger partial charge in [0.2, 0.25) is 0 Å². The van der Waals surface area contributed by atoms with Crippen molar-refractivity contribution >= 4 is 8.80 Å². The number of hydrogen-bond acceptors (Lipinski definition) is 4. The molecule has 0 saturated heterocycles. The summed E-state index contributed by atoms with van der Waals surface area (Å²) in [5, 5.41) is 0. The summed E-state index contributed by atoms with van der Waals surface area (Å²) < 4.78 is 0. The van der Waals surface area contributed by atoms with Gasteiger partial charge < -0.3 is 20.1 Å². The average Bonchev–Trinajstić information content (AvgIpc) is 1.85. The van der Waals surface area contributed by atoms with Crippen LogP contribution in [0.25, 0.3) is 0 Å².